The summed E-state index contributed by atoms with van der Waals surface area (Å²) in [5, 5.41) is 0.285. The van der Waals surface area contributed by atoms with Crippen LogP contribution in [-0.2, 0) is 16.8 Å². The first-order valence-corrected chi connectivity index (χ1v) is 9.32. The van der Waals surface area contributed by atoms with E-state index in [0.29, 0.717) is 44.7 Å². The SMILES string of the molecule is CCC(=O)N1CCc2[nH]cnc2C12CCN(c1ncc(Cl)cc1F)CC2. The molecule has 1 fully saturated rings. The zero-order valence-electron chi connectivity index (χ0n) is 14.6. The van der Waals surface area contributed by atoms with Crippen molar-refractivity contribution in [2.75, 3.05) is 24.5 Å². The van der Waals surface area contributed by atoms with Crippen LogP contribution in [0.5, 0.6) is 0 Å². The van der Waals surface area contributed by atoms with Gasteiger partial charge in [-0.3, -0.25) is 4.79 Å². The maximum atomic E-state index is 14.2. The lowest BCUT2D eigenvalue weighted by Crippen LogP contribution is -2.58. The molecule has 138 valence electrons. The standard InChI is InChI=1S/C18H21ClFN5O/c1-2-15(26)25-6-3-14-16(23-11-22-14)18(25)4-7-24(8-5-18)17-13(20)9-12(19)10-21-17/h9-11H,2-8H2,1H3,(H,22,23). The molecule has 4 heterocycles. The molecule has 1 N–H and O–H groups in total. The Morgan fingerprint density at radius 3 is 2.81 bits per heavy atom. The molecule has 2 aliphatic heterocycles. The minimum Gasteiger partial charge on any atom is -0.354 e. The number of nitrogens with zero attached hydrogens (tertiary/aromatic N) is 4. The molecular weight excluding hydrogens is 357 g/mol. The van der Waals surface area contributed by atoms with Gasteiger partial charge in [0.15, 0.2) is 11.6 Å². The molecule has 0 radical (unpaired) electrons. The summed E-state index contributed by atoms with van der Waals surface area (Å²) in [6, 6.07) is 1.29. The van der Waals surface area contributed by atoms with Crippen LogP contribution in [0.2, 0.25) is 5.02 Å². The van der Waals surface area contributed by atoms with E-state index in [9.17, 15) is 9.18 Å². The van der Waals surface area contributed by atoms with Crippen LogP contribution in [0.1, 0.15) is 37.6 Å². The number of halogens is 2. The van der Waals surface area contributed by atoms with E-state index in [1.54, 1.807) is 6.33 Å². The number of carbonyl (C=O) groups excluding carboxylic acids is 1. The molecule has 1 saturated heterocycles. The molecule has 26 heavy (non-hydrogen) atoms. The van der Waals surface area contributed by atoms with Gasteiger partial charge < -0.3 is 14.8 Å². The fourth-order valence-electron chi connectivity index (χ4n) is 4.27. The number of fused-ring (bicyclic) bond motifs is 2. The second-order valence-electron chi connectivity index (χ2n) is 6.86. The maximum absolute atomic E-state index is 14.2. The number of hydrogen-bond donors (Lipinski definition) is 1. The Labute approximate surface area is 156 Å². The summed E-state index contributed by atoms with van der Waals surface area (Å²) in [6.07, 6.45) is 5.82. The van der Waals surface area contributed by atoms with Crippen molar-refractivity contribution < 1.29 is 9.18 Å². The molecule has 0 aliphatic carbocycles. The Balaban J connectivity index is 1.64. The lowest BCUT2D eigenvalue weighted by molar-refractivity contribution is -0.140. The molecule has 0 saturated carbocycles. The lowest BCUT2D eigenvalue weighted by atomic mass is 9.78. The highest BCUT2D eigenvalue weighted by atomic mass is 35.5. The number of H-pyrrole nitrogens is 1. The number of rotatable bonds is 2. The van der Waals surface area contributed by atoms with Gasteiger partial charge in [0.1, 0.15) is 0 Å². The van der Waals surface area contributed by atoms with E-state index in [4.69, 9.17) is 11.6 Å². The van der Waals surface area contributed by atoms with E-state index in [-0.39, 0.29) is 10.9 Å². The zero-order valence-corrected chi connectivity index (χ0v) is 15.4. The summed E-state index contributed by atoms with van der Waals surface area (Å²) in [4.78, 5) is 28.4. The molecular formula is C18H21ClFN5O. The second kappa shape index (κ2) is 6.54. The number of pyridine rings is 1. The first-order chi connectivity index (χ1) is 12.5. The van der Waals surface area contributed by atoms with E-state index in [0.717, 1.165) is 17.8 Å². The predicted octanol–water partition coefficient (Wildman–Crippen LogP) is 2.89. The van der Waals surface area contributed by atoms with Gasteiger partial charge in [0.25, 0.3) is 0 Å². The summed E-state index contributed by atoms with van der Waals surface area (Å²) < 4.78 is 14.2. The van der Waals surface area contributed by atoms with Crippen LogP contribution in [0.3, 0.4) is 0 Å². The molecule has 1 spiro atoms. The van der Waals surface area contributed by atoms with Crippen molar-refractivity contribution in [2.24, 2.45) is 0 Å². The first-order valence-electron chi connectivity index (χ1n) is 8.94. The Morgan fingerprint density at radius 1 is 1.35 bits per heavy atom. The van der Waals surface area contributed by atoms with Crippen molar-refractivity contribution in [3.8, 4) is 0 Å². The third-order valence-corrected chi connectivity index (χ3v) is 5.75. The number of imidazole rings is 1. The number of anilines is 1. The molecule has 2 aliphatic rings. The minimum atomic E-state index is -0.418. The minimum absolute atomic E-state index is 0.142. The lowest BCUT2D eigenvalue weighted by Gasteiger charge is -2.50. The molecule has 2 aromatic rings. The Hall–Kier alpha value is -2.15. The van der Waals surface area contributed by atoms with Crippen molar-refractivity contribution >= 4 is 23.3 Å². The van der Waals surface area contributed by atoms with Gasteiger partial charge in [0.05, 0.1) is 22.6 Å². The quantitative estimate of drug-likeness (QED) is 0.874. The van der Waals surface area contributed by atoms with E-state index in [1.165, 1.54) is 12.3 Å². The van der Waals surface area contributed by atoms with Gasteiger partial charge in [-0.2, -0.15) is 0 Å². The summed E-state index contributed by atoms with van der Waals surface area (Å²) in [5.41, 5.74) is 1.66. The van der Waals surface area contributed by atoms with Crippen LogP contribution in [0.15, 0.2) is 18.6 Å². The summed E-state index contributed by atoms with van der Waals surface area (Å²) in [5.74, 6) is 0.0395. The van der Waals surface area contributed by atoms with E-state index in [2.05, 4.69) is 15.0 Å². The maximum Gasteiger partial charge on any atom is 0.223 e. The second-order valence-corrected chi connectivity index (χ2v) is 7.29. The summed E-state index contributed by atoms with van der Waals surface area (Å²) in [6.45, 7) is 3.78. The van der Waals surface area contributed by atoms with Crippen LogP contribution >= 0.6 is 11.6 Å². The number of aromatic amines is 1. The van der Waals surface area contributed by atoms with Gasteiger partial charge >= 0.3 is 0 Å². The van der Waals surface area contributed by atoms with Crippen LogP contribution in [-0.4, -0.2) is 45.4 Å². The van der Waals surface area contributed by atoms with E-state index >= 15 is 0 Å². The Kier molecular flexibility index (Phi) is 4.34. The smallest absolute Gasteiger partial charge is 0.223 e. The number of piperidine rings is 1. The highest BCUT2D eigenvalue weighted by Gasteiger charge is 2.48. The normalized spacial score (nSPS) is 18.9. The van der Waals surface area contributed by atoms with Gasteiger partial charge in [-0.25, -0.2) is 14.4 Å². The fourth-order valence-corrected chi connectivity index (χ4v) is 4.41. The van der Waals surface area contributed by atoms with Gasteiger partial charge in [0, 0.05) is 44.4 Å². The molecule has 1 amide bonds. The molecule has 6 nitrogen and oxygen atoms in total. The number of amides is 1. The average molecular weight is 378 g/mol. The monoisotopic (exact) mass is 377 g/mol. The third-order valence-electron chi connectivity index (χ3n) is 5.54. The van der Waals surface area contributed by atoms with Gasteiger partial charge in [-0.15, -0.1) is 0 Å². The molecule has 2 aromatic heterocycles. The van der Waals surface area contributed by atoms with Gasteiger partial charge in [-0.1, -0.05) is 18.5 Å². The molecule has 0 aromatic carbocycles. The van der Waals surface area contributed by atoms with E-state index in [1.807, 2.05) is 16.7 Å². The number of aromatic nitrogens is 3. The van der Waals surface area contributed by atoms with Crippen molar-refractivity contribution in [2.45, 2.75) is 38.1 Å². The predicted molar refractivity (Wildman–Crippen MR) is 96.6 cm³/mol. The molecule has 0 unspecified atom stereocenters. The van der Waals surface area contributed by atoms with Gasteiger partial charge in [-0.05, 0) is 18.9 Å². The van der Waals surface area contributed by atoms with Crippen molar-refractivity contribution in [1.82, 2.24) is 19.9 Å². The van der Waals surface area contributed by atoms with Crippen LogP contribution in [0.4, 0.5) is 10.2 Å². The Morgan fingerprint density at radius 2 is 2.12 bits per heavy atom. The zero-order chi connectivity index (χ0) is 18.3. The summed E-state index contributed by atoms with van der Waals surface area (Å²) >= 11 is 5.81. The number of nitrogens with one attached hydrogen (secondary N) is 1. The molecule has 0 bridgehead atoms. The molecule has 8 heteroatoms. The highest BCUT2D eigenvalue weighted by Crippen LogP contribution is 2.43. The third kappa shape index (κ3) is 2.65. The molecule has 4 rings (SSSR count). The highest BCUT2D eigenvalue weighted by molar-refractivity contribution is 6.30. The topological polar surface area (TPSA) is 65.1 Å². The van der Waals surface area contributed by atoms with Crippen molar-refractivity contribution in [3.05, 3.63) is 40.8 Å². The van der Waals surface area contributed by atoms with Crippen molar-refractivity contribution in [3.63, 3.8) is 0 Å². The largest absolute Gasteiger partial charge is 0.354 e. The van der Waals surface area contributed by atoms with Gasteiger partial charge in [0.2, 0.25) is 5.91 Å². The average Bonchev–Trinajstić information content (AvgIpc) is 3.12. The first kappa shape index (κ1) is 17.3. The number of carbonyl (C=O) groups is 1. The van der Waals surface area contributed by atoms with Crippen LogP contribution in [0.25, 0.3) is 0 Å². The Bertz CT molecular complexity index is 831. The van der Waals surface area contributed by atoms with Crippen LogP contribution < -0.4 is 4.90 Å². The summed E-state index contributed by atoms with van der Waals surface area (Å²) in [7, 11) is 0. The molecule has 0 atom stereocenters. The van der Waals surface area contributed by atoms with Crippen molar-refractivity contribution in [1.29, 1.82) is 0 Å². The fraction of sp³-hybridized carbons (Fsp3) is 0.500. The van der Waals surface area contributed by atoms with E-state index < -0.39 is 11.4 Å². The number of hydrogen-bond acceptors (Lipinski definition) is 4. The van der Waals surface area contributed by atoms with Crippen LogP contribution in [0, 0.1) is 5.82 Å².